The summed E-state index contributed by atoms with van der Waals surface area (Å²) in [7, 11) is 1.30. The Labute approximate surface area is 101 Å². The van der Waals surface area contributed by atoms with E-state index in [0.29, 0.717) is 11.3 Å². The van der Waals surface area contributed by atoms with Gasteiger partial charge < -0.3 is 9.47 Å². The average molecular weight is 240 g/mol. The highest BCUT2D eigenvalue weighted by Crippen LogP contribution is 2.21. The molecule has 0 amide bonds. The number of ether oxygens (including phenoxy) is 2. The summed E-state index contributed by atoms with van der Waals surface area (Å²) in [6.07, 6.45) is 0.0365. The zero-order chi connectivity index (χ0) is 13.1. The molecule has 0 atom stereocenters. The Hall–Kier alpha value is -1.58. The molecule has 0 radical (unpaired) electrons. The number of esters is 1. The Morgan fingerprint density at radius 3 is 2.47 bits per heavy atom. The van der Waals surface area contributed by atoms with Gasteiger partial charge in [0.2, 0.25) is 0 Å². The van der Waals surface area contributed by atoms with Gasteiger partial charge in [0.1, 0.15) is 17.2 Å². The predicted molar refractivity (Wildman–Crippen MR) is 62.5 cm³/mol. The fourth-order valence-electron chi connectivity index (χ4n) is 1.37. The highest BCUT2D eigenvalue weighted by molar-refractivity contribution is 5.72. The lowest BCUT2D eigenvalue weighted by molar-refractivity contribution is -0.139. The summed E-state index contributed by atoms with van der Waals surface area (Å²) >= 11 is 0. The monoisotopic (exact) mass is 240 g/mol. The molecule has 17 heavy (non-hydrogen) atoms. The first-order valence-electron chi connectivity index (χ1n) is 5.35. The quantitative estimate of drug-likeness (QED) is 0.762. The molecule has 0 unspecified atom stereocenters. The van der Waals surface area contributed by atoms with Crippen LogP contribution in [0.4, 0.5) is 4.39 Å². The minimum atomic E-state index is -0.425. The normalized spacial score (nSPS) is 11.1. The van der Waals surface area contributed by atoms with E-state index in [2.05, 4.69) is 4.74 Å². The van der Waals surface area contributed by atoms with Crippen molar-refractivity contribution in [3.63, 3.8) is 0 Å². The number of hydrogen-bond donors (Lipinski definition) is 0. The summed E-state index contributed by atoms with van der Waals surface area (Å²) in [4.78, 5) is 11.1. The fourth-order valence-corrected chi connectivity index (χ4v) is 1.37. The van der Waals surface area contributed by atoms with Gasteiger partial charge >= 0.3 is 5.97 Å². The van der Waals surface area contributed by atoms with E-state index in [9.17, 15) is 9.18 Å². The molecule has 4 heteroatoms. The first-order chi connectivity index (χ1) is 7.80. The molecule has 0 fully saturated rings. The van der Waals surface area contributed by atoms with Crippen molar-refractivity contribution in [1.29, 1.82) is 0 Å². The number of benzene rings is 1. The van der Waals surface area contributed by atoms with E-state index < -0.39 is 17.4 Å². The molecule has 0 bridgehead atoms. The number of rotatable bonds is 3. The van der Waals surface area contributed by atoms with Crippen LogP contribution in [0.3, 0.4) is 0 Å². The number of halogens is 1. The molecule has 0 aliphatic rings. The second-order valence-corrected chi connectivity index (χ2v) is 4.76. The number of carbonyl (C=O) groups excluding carboxylic acids is 1. The molecule has 0 heterocycles. The first kappa shape index (κ1) is 13.5. The molecule has 1 aromatic rings. The molecule has 0 saturated heterocycles. The van der Waals surface area contributed by atoms with Gasteiger partial charge in [-0.05, 0) is 38.5 Å². The zero-order valence-electron chi connectivity index (χ0n) is 10.5. The first-order valence-corrected chi connectivity index (χ1v) is 5.35. The van der Waals surface area contributed by atoms with Gasteiger partial charge in [0.25, 0.3) is 0 Å². The third-order valence-electron chi connectivity index (χ3n) is 1.93. The second kappa shape index (κ2) is 5.17. The molecule has 1 rings (SSSR count). The number of hydrogen-bond acceptors (Lipinski definition) is 3. The van der Waals surface area contributed by atoms with Gasteiger partial charge in [-0.25, -0.2) is 4.39 Å². The van der Waals surface area contributed by atoms with Crippen molar-refractivity contribution < 1.29 is 18.7 Å². The van der Waals surface area contributed by atoms with Gasteiger partial charge in [0, 0.05) is 6.07 Å². The third-order valence-corrected chi connectivity index (χ3v) is 1.93. The average Bonchev–Trinajstić information content (AvgIpc) is 2.13. The molecule has 0 aromatic heterocycles. The van der Waals surface area contributed by atoms with Gasteiger partial charge in [-0.15, -0.1) is 0 Å². The summed E-state index contributed by atoms with van der Waals surface area (Å²) in [5.74, 6) is -0.417. The molecule has 0 N–H and O–H groups in total. The maximum absolute atomic E-state index is 13.3. The van der Waals surface area contributed by atoms with E-state index in [1.807, 2.05) is 20.8 Å². The number of carbonyl (C=O) groups is 1. The lowest BCUT2D eigenvalue weighted by atomic mass is 10.1. The smallest absolute Gasteiger partial charge is 0.309 e. The predicted octanol–water partition coefficient (Wildman–Crippen LogP) is 2.72. The Balaban J connectivity index is 2.90. The van der Waals surface area contributed by atoms with Crippen LogP contribution in [-0.2, 0) is 16.0 Å². The van der Waals surface area contributed by atoms with Crippen LogP contribution < -0.4 is 4.74 Å². The maximum Gasteiger partial charge on any atom is 0.309 e. The molecule has 1 aromatic carbocycles. The van der Waals surface area contributed by atoms with E-state index >= 15 is 0 Å². The Bertz CT molecular complexity index is 408. The molecule has 0 saturated carbocycles. The van der Waals surface area contributed by atoms with Crippen LogP contribution in [0.2, 0.25) is 0 Å². The van der Waals surface area contributed by atoms with Gasteiger partial charge in [-0.2, -0.15) is 0 Å². The van der Waals surface area contributed by atoms with E-state index in [-0.39, 0.29) is 6.42 Å². The van der Waals surface area contributed by atoms with Gasteiger partial charge in [-0.1, -0.05) is 0 Å². The van der Waals surface area contributed by atoms with Gasteiger partial charge in [-0.3, -0.25) is 4.79 Å². The maximum atomic E-state index is 13.3. The summed E-state index contributed by atoms with van der Waals surface area (Å²) in [6.45, 7) is 5.62. The Morgan fingerprint density at radius 1 is 1.29 bits per heavy atom. The van der Waals surface area contributed by atoms with E-state index in [0.717, 1.165) is 0 Å². The zero-order valence-corrected chi connectivity index (χ0v) is 10.5. The van der Waals surface area contributed by atoms with E-state index in [1.165, 1.54) is 19.2 Å². The topological polar surface area (TPSA) is 35.5 Å². The Kier molecular flexibility index (Phi) is 4.10. The Morgan fingerprint density at radius 2 is 1.94 bits per heavy atom. The number of methoxy groups -OCH3 is 1. The molecule has 0 aliphatic carbocycles. The van der Waals surface area contributed by atoms with Gasteiger partial charge in [0.15, 0.2) is 0 Å². The lowest BCUT2D eigenvalue weighted by Gasteiger charge is -2.21. The molecular formula is C13H17FO3. The van der Waals surface area contributed by atoms with Crippen LogP contribution in [0.1, 0.15) is 26.3 Å². The molecule has 0 aliphatic heterocycles. The van der Waals surface area contributed by atoms with Crippen molar-refractivity contribution in [2.75, 3.05) is 7.11 Å². The van der Waals surface area contributed by atoms with Crippen LogP contribution >= 0.6 is 0 Å². The highest BCUT2D eigenvalue weighted by atomic mass is 19.1. The largest absolute Gasteiger partial charge is 0.488 e. The van der Waals surface area contributed by atoms with Crippen molar-refractivity contribution in [3.8, 4) is 5.75 Å². The van der Waals surface area contributed by atoms with Crippen molar-refractivity contribution >= 4 is 5.97 Å². The van der Waals surface area contributed by atoms with E-state index in [1.54, 1.807) is 6.07 Å². The van der Waals surface area contributed by atoms with Crippen LogP contribution in [0.25, 0.3) is 0 Å². The van der Waals surface area contributed by atoms with Crippen LogP contribution in [0.5, 0.6) is 5.75 Å². The summed E-state index contributed by atoms with van der Waals surface area (Å²) in [5, 5.41) is 0. The van der Waals surface area contributed by atoms with Crippen molar-refractivity contribution in [2.45, 2.75) is 32.8 Å². The minimum absolute atomic E-state index is 0.0365. The molecule has 3 nitrogen and oxygen atoms in total. The fraction of sp³-hybridized carbons (Fsp3) is 0.462. The lowest BCUT2D eigenvalue weighted by Crippen LogP contribution is -2.23. The second-order valence-electron chi connectivity index (χ2n) is 4.76. The highest BCUT2D eigenvalue weighted by Gasteiger charge is 2.14. The molecular weight excluding hydrogens is 223 g/mol. The van der Waals surface area contributed by atoms with Crippen molar-refractivity contribution in [1.82, 2.24) is 0 Å². The third kappa shape index (κ3) is 4.85. The van der Waals surface area contributed by atoms with Crippen molar-refractivity contribution in [3.05, 3.63) is 29.6 Å². The van der Waals surface area contributed by atoms with Crippen molar-refractivity contribution in [2.24, 2.45) is 0 Å². The summed E-state index contributed by atoms with van der Waals surface area (Å²) in [5.41, 5.74) is 0.132. The van der Waals surface area contributed by atoms with Gasteiger partial charge in [0.05, 0.1) is 13.5 Å². The SMILES string of the molecule is COC(=O)Cc1cc(F)cc(OC(C)(C)C)c1. The van der Waals surface area contributed by atoms with Crippen LogP contribution in [-0.4, -0.2) is 18.7 Å². The summed E-state index contributed by atoms with van der Waals surface area (Å²) in [6, 6.07) is 4.24. The van der Waals surface area contributed by atoms with Crippen LogP contribution in [0, 0.1) is 5.82 Å². The molecule has 94 valence electrons. The summed E-state index contributed by atoms with van der Waals surface area (Å²) < 4.78 is 23.4. The van der Waals surface area contributed by atoms with Crippen LogP contribution in [0.15, 0.2) is 18.2 Å². The standard InChI is InChI=1S/C13H17FO3/c1-13(2,3)17-11-6-9(5-10(14)8-11)7-12(15)16-4/h5-6,8H,7H2,1-4H3. The minimum Gasteiger partial charge on any atom is -0.488 e. The van der Waals surface area contributed by atoms with E-state index in [4.69, 9.17) is 4.74 Å². The molecule has 0 spiro atoms.